The molecule has 1 aromatic heterocycles. The van der Waals surface area contributed by atoms with Gasteiger partial charge in [0.2, 0.25) is 0 Å². The van der Waals surface area contributed by atoms with Gasteiger partial charge >= 0.3 is 5.97 Å². The van der Waals surface area contributed by atoms with Crippen molar-refractivity contribution in [3.63, 3.8) is 0 Å². The van der Waals surface area contributed by atoms with Crippen molar-refractivity contribution in [2.45, 2.75) is 78.4 Å². The number of ether oxygens (including phenoxy) is 2. The zero-order valence-corrected chi connectivity index (χ0v) is 24.7. The van der Waals surface area contributed by atoms with Crippen LogP contribution in [-0.2, 0) is 22.5 Å². The predicted octanol–water partition coefficient (Wildman–Crippen LogP) is 4.98. The number of hydrogen-bond donors (Lipinski definition) is 0. The Bertz CT molecular complexity index is 1250. The topological polar surface area (TPSA) is 85.6 Å². The highest BCUT2D eigenvalue weighted by molar-refractivity contribution is 5.69. The molecule has 1 aliphatic rings. The molecule has 0 spiro atoms. The highest BCUT2D eigenvalue weighted by Gasteiger charge is 2.29. The zero-order chi connectivity index (χ0) is 28.5. The minimum atomic E-state index is -0.158. The largest absolute Gasteiger partial charge is 0.497 e. The van der Waals surface area contributed by atoms with E-state index in [2.05, 4.69) is 82.5 Å². The van der Waals surface area contributed by atoms with Crippen LogP contribution >= 0.6 is 0 Å². The number of anilines is 1. The summed E-state index contributed by atoms with van der Waals surface area (Å²) < 4.78 is 12.6. The Labute approximate surface area is 238 Å². The molecule has 0 aliphatic carbocycles. The van der Waals surface area contributed by atoms with E-state index in [4.69, 9.17) is 9.47 Å². The molecule has 9 heteroatoms. The van der Waals surface area contributed by atoms with E-state index in [1.807, 2.05) is 17.7 Å². The van der Waals surface area contributed by atoms with Crippen molar-refractivity contribution in [3.05, 3.63) is 53.6 Å². The van der Waals surface area contributed by atoms with E-state index in [1.54, 1.807) is 7.11 Å². The molecule has 216 valence electrons. The standard InChI is InChI=1S/C31H44N6O3/c1-6-15-35-21-24(4)36(22-23(35)3)27-18-25(19-28(20-27)39-5)17-26-12-8-9-13-29(26)31-32-33-34-37(31)16-11-10-14-30(38)40-7-2/h8-9,12-13,18-20,23-24H,6-7,10-11,14-17,21-22H2,1-5H3/t23-,24+/m1/s1. The summed E-state index contributed by atoms with van der Waals surface area (Å²) in [7, 11) is 1.73. The summed E-state index contributed by atoms with van der Waals surface area (Å²) in [5, 5.41) is 12.6. The summed E-state index contributed by atoms with van der Waals surface area (Å²) in [6, 6.07) is 15.8. The fourth-order valence-corrected chi connectivity index (χ4v) is 5.61. The summed E-state index contributed by atoms with van der Waals surface area (Å²) in [4.78, 5) is 16.8. The number of tetrazole rings is 1. The summed E-state index contributed by atoms with van der Waals surface area (Å²) >= 11 is 0. The van der Waals surface area contributed by atoms with Gasteiger partial charge in [0.25, 0.3) is 0 Å². The Morgan fingerprint density at radius 2 is 1.85 bits per heavy atom. The maximum absolute atomic E-state index is 11.7. The molecule has 9 nitrogen and oxygen atoms in total. The number of piperazine rings is 1. The van der Waals surface area contributed by atoms with Crippen molar-refractivity contribution in [3.8, 4) is 17.1 Å². The molecule has 1 aliphatic heterocycles. The van der Waals surface area contributed by atoms with Crippen LogP contribution < -0.4 is 9.64 Å². The second-order valence-electron chi connectivity index (χ2n) is 10.7. The van der Waals surface area contributed by atoms with Crippen LogP contribution in [0.25, 0.3) is 11.4 Å². The molecule has 1 saturated heterocycles. The highest BCUT2D eigenvalue weighted by atomic mass is 16.5. The first-order valence-corrected chi connectivity index (χ1v) is 14.6. The van der Waals surface area contributed by atoms with Crippen LogP contribution in [0.15, 0.2) is 42.5 Å². The third-order valence-corrected chi connectivity index (χ3v) is 7.64. The molecule has 2 heterocycles. The lowest BCUT2D eigenvalue weighted by Crippen LogP contribution is -2.56. The fraction of sp³-hybridized carbons (Fsp3) is 0.548. The Kier molecular flexibility index (Phi) is 10.5. The average Bonchev–Trinajstić information content (AvgIpc) is 3.41. The zero-order valence-electron chi connectivity index (χ0n) is 24.7. The van der Waals surface area contributed by atoms with Crippen molar-refractivity contribution in [2.75, 3.05) is 38.3 Å². The van der Waals surface area contributed by atoms with Gasteiger partial charge in [-0.15, -0.1) is 5.10 Å². The smallest absolute Gasteiger partial charge is 0.305 e. The van der Waals surface area contributed by atoms with Gasteiger partial charge < -0.3 is 14.4 Å². The normalized spacial score (nSPS) is 17.7. The number of hydrogen-bond acceptors (Lipinski definition) is 8. The molecule has 0 saturated carbocycles. The summed E-state index contributed by atoms with van der Waals surface area (Å²) in [6.45, 7) is 13.0. The summed E-state index contributed by atoms with van der Waals surface area (Å²) in [5.74, 6) is 1.45. The quantitative estimate of drug-likeness (QED) is 0.218. The lowest BCUT2D eigenvalue weighted by molar-refractivity contribution is -0.143. The molecule has 4 rings (SSSR count). The van der Waals surface area contributed by atoms with Crippen LogP contribution in [0.3, 0.4) is 0 Å². The molecular formula is C31H44N6O3. The number of aryl methyl sites for hydroxylation is 1. The number of carbonyl (C=O) groups excluding carboxylic acids is 1. The van der Waals surface area contributed by atoms with Gasteiger partial charge in [-0.05, 0) is 86.7 Å². The molecule has 0 N–H and O–H groups in total. The number of benzene rings is 2. The van der Waals surface area contributed by atoms with Gasteiger partial charge in [0, 0.05) is 55.5 Å². The van der Waals surface area contributed by atoms with Crippen molar-refractivity contribution < 1.29 is 14.3 Å². The maximum atomic E-state index is 11.7. The van der Waals surface area contributed by atoms with Crippen molar-refractivity contribution in [1.82, 2.24) is 25.1 Å². The number of nitrogens with zero attached hydrogens (tertiary/aromatic N) is 6. The molecule has 0 unspecified atom stereocenters. The monoisotopic (exact) mass is 548 g/mol. The van der Waals surface area contributed by atoms with E-state index in [0.29, 0.717) is 31.7 Å². The van der Waals surface area contributed by atoms with Gasteiger partial charge in [-0.3, -0.25) is 9.69 Å². The number of unbranched alkanes of at least 4 members (excludes halogenated alkanes) is 1. The molecule has 40 heavy (non-hydrogen) atoms. The average molecular weight is 549 g/mol. The first-order chi connectivity index (χ1) is 19.4. The third kappa shape index (κ3) is 7.38. The van der Waals surface area contributed by atoms with Crippen LogP contribution in [0.2, 0.25) is 0 Å². The van der Waals surface area contributed by atoms with Crippen molar-refractivity contribution >= 4 is 11.7 Å². The van der Waals surface area contributed by atoms with E-state index in [9.17, 15) is 4.79 Å². The van der Waals surface area contributed by atoms with Gasteiger partial charge in [-0.2, -0.15) is 0 Å². The first-order valence-electron chi connectivity index (χ1n) is 14.6. The molecule has 0 bridgehead atoms. The summed E-state index contributed by atoms with van der Waals surface area (Å²) in [5.41, 5.74) is 4.55. The third-order valence-electron chi connectivity index (χ3n) is 7.64. The van der Waals surface area contributed by atoms with Crippen LogP contribution in [0, 0.1) is 0 Å². The fourth-order valence-electron chi connectivity index (χ4n) is 5.61. The maximum Gasteiger partial charge on any atom is 0.305 e. The van der Waals surface area contributed by atoms with Crippen LogP contribution in [-0.4, -0.2) is 76.5 Å². The Hall–Kier alpha value is -3.46. The number of aromatic nitrogens is 4. The van der Waals surface area contributed by atoms with E-state index in [0.717, 1.165) is 61.6 Å². The van der Waals surface area contributed by atoms with Gasteiger partial charge in [-0.1, -0.05) is 31.2 Å². The van der Waals surface area contributed by atoms with E-state index < -0.39 is 0 Å². The molecule has 2 atom stereocenters. The van der Waals surface area contributed by atoms with Gasteiger partial charge in [0.1, 0.15) is 5.75 Å². The molecular weight excluding hydrogens is 504 g/mol. The summed E-state index contributed by atoms with van der Waals surface area (Å²) in [6.07, 6.45) is 3.84. The number of rotatable bonds is 13. The minimum Gasteiger partial charge on any atom is -0.497 e. The van der Waals surface area contributed by atoms with Crippen molar-refractivity contribution in [1.29, 1.82) is 0 Å². The number of carbonyl (C=O) groups is 1. The molecule has 0 radical (unpaired) electrons. The second-order valence-corrected chi connectivity index (χ2v) is 10.7. The molecule has 1 fully saturated rings. The van der Waals surface area contributed by atoms with E-state index >= 15 is 0 Å². The van der Waals surface area contributed by atoms with Crippen LogP contribution in [0.1, 0.15) is 64.5 Å². The lowest BCUT2D eigenvalue weighted by atomic mass is 9.98. The number of esters is 1. The van der Waals surface area contributed by atoms with Gasteiger partial charge in [0.15, 0.2) is 5.82 Å². The molecule has 2 aromatic carbocycles. The molecule has 0 amide bonds. The predicted molar refractivity (Wildman–Crippen MR) is 158 cm³/mol. The number of methoxy groups -OCH3 is 1. The molecule has 3 aromatic rings. The van der Waals surface area contributed by atoms with Gasteiger partial charge in [0.05, 0.1) is 13.7 Å². The Morgan fingerprint density at radius 1 is 1.02 bits per heavy atom. The van der Waals surface area contributed by atoms with Gasteiger partial charge in [-0.25, -0.2) is 4.68 Å². The van der Waals surface area contributed by atoms with Crippen molar-refractivity contribution in [2.24, 2.45) is 0 Å². The van der Waals surface area contributed by atoms with E-state index in [1.165, 1.54) is 17.7 Å². The van der Waals surface area contributed by atoms with Crippen LogP contribution in [0.5, 0.6) is 5.75 Å². The minimum absolute atomic E-state index is 0.158. The SMILES string of the molecule is CCCN1C[C@H](C)N(c2cc(Cc3ccccc3-c3nnnn3CCCCC(=O)OCC)cc(OC)c2)C[C@H]1C. The van der Waals surface area contributed by atoms with E-state index in [-0.39, 0.29) is 5.97 Å². The second kappa shape index (κ2) is 14.3. The lowest BCUT2D eigenvalue weighted by Gasteiger charge is -2.45. The van der Waals surface area contributed by atoms with Crippen LogP contribution in [0.4, 0.5) is 5.69 Å². The Morgan fingerprint density at radius 3 is 2.62 bits per heavy atom. The highest BCUT2D eigenvalue weighted by Crippen LogP contribution is 2.31. The Balaban J connectivity index is 1.53. The first kappa shape index (κ1) is 29.5.